The molecule has 0 atom stereocenters. The van der Waals surface area contributed by atoms with Gasteiger partial charge in [0.25, 0.3) is 0 Å². The summed E-state index contributed by atoms with van der Waals surface area (Å²) in [6.45, 7) is 7.12. The molecule has 2 aromatic rings. The molecule has 2 rings (SSSR count). The molecule has 0 amide bonds. The molecule has 0 unspecified atom stereocenters. The Morgan fingerprint density at radius 3 is 2.06 bits per heavy atom. The minimum absolute atomic E-state index is 0.0880. The molecule has 0 saturated carbocycles. The van der Waals surface area contributed by atoms with Gasteiger partial charge in [0.15, 0.2) is 17.2 Å². The summed E-state index contributed by atoms with van der Waals surface area (Å²) in [5.74, 6) is 0.0880. The summed E-state index contributed by atoms with van der Waals surface area (Å²) in [5, 5.41) is 0. The van der Waals surface area contributed by atoms with Crippen LogP contribution in [0.5, 0.6) is 0 Å². The zero-order valence-corrected chi connectivity index (χ0v) is 11.1. The van der Waals surface area contributed by atoms with E-state index in [9.17, 15) is 4.79 Å². The van der Waals surface area contributed by atoms with Crippen molar-refractivity contribution < 1.29 is 9.36 Å². The third kappa shape index (κ3) is 2.33. The minimum Gasteiger partial charge on any atom is -0.289 e. The quantitative estimate of drug-likeness (QED) is 0.597. The first-order chi connectivity index (χ1) is 8.63. The molecule has 0 spiro atoms. The molecule has 92 valence electrons. The lowest BCUT2D eigenvalue weighted by Crippen LogP contribution is -2.39. The maximum Gasteiger partial charge on any atom is 0.193 e. The summed E-state index contributed by atoms with van der Waals surface area (Å²) in [6.07, 6.45) is 0. The van der Waals surface area contributed by atoms with Crippen LogP contribution in [0.1, 0.15) is 34.2 Å². The van der Waals surface area contributed by atoms with Crippen molar-refractivity contribution in [3.8, 4) is 0 Å². The van der Waals surface area contributed by atoms with Crippen molar-refractivity contribution >= 4 is 5.78 Å². The highest BCUT2D eigenvalue weighted by molar-refractivity contribution is 6.08. The van der Waals surface area contributed by atoms with Crippen LogP contribution in [0.3, 0.4) is 0 Å². The van der Waals surface area contributed by atoms with Gasteiger partial charge >= 0.3 is 0 Å². The van der Waals surface area contributed by atoms with Crippen LogP contribution in [0, 0.1) is 13.8 Å². The zero-order chi connectivity index (χ0) is 13.1. The van der Waals surface area contributed by atoms with Gasteiger partial charge in [0.2, 0.25) is 0 Å². The van der Waals surface area contributed by atoms with Crippen LogP contribution < -0.4 is 4.57 Å². The predicted octanol–water partition coefficient (Wildman–Crippen LogP) is 2.84. The Hall–Kier alpha value is -1.96. The van der Waals surface area contributed by atoms with Crippen molar-refractivity contribution in [3.05, 3.63) is 65.0 Å². The van der Waals surface area contributed by atoms with Crippen molar-refractivity contribution in [2.24, 2.45) is 0 Å². The van der Waals surface area contributed by atoms with Crippen molar-refractivity contribution in [2.45, 2.75) is 27.3 Å². The van der Waals surface area contributed by atoms with E-state index in [0.29, 0.717) is 0 Å². The minimum atomic E-state index is 0.0880. The van der Waals surface area contributed by atoms with Crippen LogP contribution in [0.25, 0.3) is 0 Å². The van der Waals surface area contributed by atoms with Gasteiger partial charge in [-0.2, -0.15) is 0 Å². The molecule has 18 heavy (non-hydrogen) atoms. The zero-order valence-electron chi connectivity index (χ0n) is 11.1. The van der Waals surface area contributed by atoms with Gasteiger partial charge in [-0.1, -0.05) is 30.3 Å². The van der Waals surface area contributed by atoms with Gasteiger partial charge in [0.05, 0.1) is 0 Å². The van der Waals surface area contributed by atoms with E-state index in [4.69, 9.17) is 0 Å². The summed E-state index contributed by atoms with van der Waals surface area (Å²) >= 11 is 0. The van der Waals surface area contributed by atoms with Crippen molar-refractivity contribution in [2.75, 3.05) is 0 Å². The van der Waals surface area contributed by atoms with E-state index < -0.39 is 0 Å². The van der Waals surface area contributed by atoms with Crippen LogP contribution in [-0.4, -0.2) is 5.78 Å². The fourth-order valence-corrected chi connectivity index (χ4v) is 2.31. The number of hydrogen-bond donors (Lipinski definition) is 0. The lowest BCUT2D eigenvalue weighted by molar-refractivity contribution is -0.705. The van der Waals surface area contributed by atoms with E-state index in [2.05, 4.69) is 11.5 Å². The molecule has 1 heterocycles. The summed E-state index contributed by atoms with van der Waals surface area (Å²) < 4.78 is 2.20. The summed E-state index contributed by atoms with van der Waals surface area (Å²) in [6, 6.07) is 13.3. The smallest absolute Gasteiger partial charge is 0.193 e. The third-order valence-electron chi connectivity index (χ3n) is 3.19. The molecule has 0 aliphatic rings. The van der Waals surface area contributed by atoms with E-state index in [0.717, 1.165) is 29.1 Å². The molecule has 0 radical (unpaired) electrons. The molecule has 0 aliphatic heterocycles. The lowest BCUT2D eigenvalue weighted by atomic mass is 10.0. The SMILES string of the molecule is CC[n+]1c(C)cc(C(=O)c2ccccc2)cc1C. The number of carbonyl (C=O) groups is 1. The molecule has 1 aromatic carbocycles. The predicted molar refractivity (Wildman–Crippen MR) is 71.7 cm³/mol. The maximum atomic E-state index is 12.3. The first-order valence-electron chi connectivity index (χ1n) is 6.24. The van der Waals surface area contributed by atoms with E-state index in [1.54, 1.807) is 0 Å². The standard InChI is InChI=1S/C16H18NO/c1-4-17-12(2)10-15(11-13(17)3)16(18)14-8-6-5-7-9-14/h5-11H,4H2,1-3H3/q+1. The molecular weight excluding hydrogens is 222 g/mol. The van der Waals surface area contributed by atoms with Crippen LogP contribution in [0.4, 0.5) is 0 Å². The van der Waals surface area contributed by atoms with Gasteiger partial charge < -0.3 is 0 Å². The average molecular weight is 240 g/mol. The summed E-state index contributed by atoms with van der Waals surface area (Å²) in [7, 11) is 0. The molecule has 0 saturated heterocycles. The number of aryl methyl sites for hydroxylation is 2. The van der Waals surface area contributed by atoms with E-state index in [1.165, 1.54) is 0 Å². The Bertz CT molecular complexity index is 550. The highest BCUT2D eigenvalue weighted by Crippen LogP contribution is 2.11. The molecule has 1 aromatic heterocycles. The van der Waals surface area contributed by atoms with E-state index in [1.807, 2.05) is 56.3 Å². The van der Waals surface area contributed by atoms with Crippen LogP contribution in [0.2, 0.25) is 0 Å². The molecule has 0 bridgehead atoms. The van der Waals surface area contributed by atoms with Gasteiger partial charge in [-0.15, -0.1) is 0 Å². The Morgan fingerprint density at radius 2 is 1.56 bits per heavy atom. The molecule has 0 N–H and O–H groups in total. The Morgan fingerprint density at radius 1 is 1.00 bits per heavy atom. The third-order valence-corrected chi connectivity index (χ3v) is 3.19. The second-order valence-corrected chi connectivity index (χ2v) is 4.47. The molecule has 0 aliphatic carbocycles. The van der Waals surface area contributed by atoms with Crippen LogP contribution in [0.15, 0.2) is 42.5 Å². The van der Waals surface area contributed by atoms with Gasteiger partial charge in [-0.05, 0) is 6.92 Å². The Kier molecular flexibility index (Phi) is 3.56. The number of hydrogen-bond acceptors (Lipinski definition) is 1. The van der Waals surface area contributed by atoms with Gasteiger partial charge in [0, 0.05) is 37.1 Å². The maximum absolute atomic E-state index is 12.3. The first-order valence-corrected chi connectivity index (χ1v) is 6.24. The molecule has 0 fully saturated rings. The average Bonchev–Trinajstić information content (AvgIpc) is 2.38. The van der Waals surface area contributed by atoms with Crippen molar-refractivity contribution in [1.29, 1.82) is 0 Å². The Labute approximate surface area is 108 Å². The number of pyridine rings is 1. The molecule has 2 nitrogen and oxygen atoms in total. The second kappa shape index (κ2) is 5.13. The number of rotatable bonds is 3. The largest absolute Gasteiger partial charge is 0.289 e. The van der Waals surface area contributed by atoms with Gasteiger partial charge in [0.1, 0.15) is 6.54 Å². The van der Waals surface area contributed by atoms with Gasteiger partial charge in [-0.25, -0.2) is 4.57 Å². The van der Waals surface area contributed by atoms with Crippen molar-refractivity contribution in [3.63, 3.8) is 0 Å². The first kappa shape index (κ1) is 12.5. The fraction of sp³-hybridized carbons (Fsp3) is 0.250. The summed E-state index contributed by atoms with van der Waals surface area (Å²) in [4.78, 5) is 12.3. The fourth-order valence-electron chi connectivity index (χ4n) is 2.31. The molecule has 2 heteroatoms. The summed E-state index contributed by atoms with van der Waals surface area (Å²) in [5.41, 5.74) is 3.75. The highest BCUT2D eigenvalue weighted by atomic mass is 16.1. The number of carbonyl (C=O) groups excluding carboxylic acids is 1. The number of aromatic nitrogens is 1. The second-order valence-electron chi connectivity index (χ2n) is 4.47. The topological polar surface area (TPSA) is 20.9 Å². The van der Waals surface area contributed by atoms with Crippen LogP contribution in [-0.2, 0) is 6.54 Å². The van der Waals surface area contributed by atoms with E-state index >= 15 is 0 Å². The van der Waals surface area contributed by atoms with Crippen LogP contribution >= 0.6 is 0 Å². The van der Waals surface area contributed by atoms with Gasteiger partial charge in [-0.3, -0.25) is 4.79 Å². The van der Waals surface area contributed by atoms with E-state index in [-0.39, 0.29) is 5.78 Å². The lowest BCUT2D eigenvalue weighted by Gasteiger charge is -2.05. The normalized spacial score (nSPS) is 10.4. The monoisotopic (exact) mass is 240 g/mol. The number of nitrogens with zero attached hydrogens (tertiary/aromatic N) is 1. The van der Waals surface area contributed by atoms with Crippen molar-refractivity contribution in [1.82, 2.24) is 0 Å². The molecular formula is C16H18NO+. The number of benzene rings is 1. The highest BCUT2D eigenvalue weighted by Gasteiger charge is 2.15. The Balaban J connectivity index is 2.44. The number of ketones is 1.